The van der Waals surface area contributed by atoms with Crippen LogP contribution in [0.3, 0.4) is 0 Å². The third kappa shape index (κ3) is 2.55. The van der Waals surface area contributed by atoms with Crippen LogP contribution < -0.4 is 10.2 Å². The Kier molecular flexibility index (Phi) is 3.75. The van der Waals surface area contributed by atoms with E-state index in [0.29, 0.717) is 12.2 Å². The number of nitro groups is 1. The Balaban J connectivity index is 2.33. The van der Waals surface area contributed by atoms with Crippen molar-refractivity contribution in [3.63, 3.8) is 0 Å². The van der Waals surface area contributed by atoms with Crippen LogP contribution in [0, 0.1) is 15.9 Å². The summed E-state index contributed by atoms with van der Waals surface area (Å²) in [5.41, 5.74) is -0.255. The van der Waals surface area contributed by atoms with E-state index in [0.717, 1.165) is 25.0 Å². The summed E-state index contributed by atoms with van der Waals surface area (Å²) >= 11 is 0. The number of halogens is 1. The predicted molar refractivity (Wildman–Crippen MR) is 67.5 cm³/mol. The fourth-order valence-electron chi connectivity index (χ4n) is 2.21. The first-order valence-corrected chi connectivity index (χ1v) is 5.97. The molecule has 2 rings (SSSR count). The molecule has 1 amide bonds. The number of nitrogens with one attached hydrogen (secondary N) is 1. The minimum absolute atomic E-state index is 0.144. The SMILES string of the molecule is CNC1CCCN(c2ccc(F)c([N+](=O)[O-])c2)C1=O. The number of hydrogen-bond acceptors (Lipinski definition) is 4. The first-order chi connectivity index (χ1) is 9.04. The molecule has 7 heteroatoms. The molecule has 1 atom stereocenters. The van der Waals surface area contributed by atoms with Crippen molar-refractivity contribution in [1.29, 1.82) is 0 Å². The molecule has 1 N–H and O–H groups in total. The Hall–Kier alpha value is -2.02. The van der Waals surface area contributed by atoms with E-state index in [1.165, 1.54) is 11.0 Å². The monoisotopic (exact) mass is 267 g/mol. The van der Waals surface area contributed by atoms with E-state index in [4.69, 9.17) is 0 Å². The topological polar surface area (TPSA) is 75.5 Å². The summed E-state index contributed by atoms with van der Waals surface area (Å²) < 4.78 is 13.3. The summed E-state index contributed by atoms with van der Waals surface area (Å²) in [5.74, 6) is -1.04. The lowest BCUT2D eigenvalue weighted by molar-refractivity contribution is -0.387. The van der Waals surface area contributed by atoms with E-state index in [2.05, 4.69) is 5.32 Å². The van der Waals surface area contributed by atoms with Crippen LogP contribution in [0.1, 0.15) is 12.8 Å². The van der Waals surface area contributed by atoms with Crippen molar-refractivity contribution in [2.45, 2.75) is 18.9 Å². The highest BCUT2D eigenvalue weighted by Crippen LogP contribution is 2.27. The molecule has 1 aromatic carbocycles. The lowest BCUT2D eigenvalue weighted by atomic mass is 10.0. The zero-order valence-electron chi connectivity index (χ0n) is 10.4. The summed E-state index contributed by atoms with van der Waals surface area (Å²) in [5, 5.41) is 13.6. The molecular weight excluding hydrogens is 253 g/mol. The molecule has 0 aliphatic carbocycles. The average Bonchev–Trinajstić information content (AvgIpc) is 2.39. The third-order valence-corrected chi connectivity index (χ3v) is 3.23. The van der Waals surface area contributed by atoms with Crippen molar-refractivity contribution in [1.82, 2.24) is 5.32 Å². The van der Waals surface area contributed by atoms with Crippen LogP contribution in [-0.4, -0.2) is 30.5 Å². The van der Waals surface area contributed by atoms with Crippen LogP contribution >= 0.6 is 0 Å². The van der Waals surface area contributed by atoms with E-state index in [1.54, 1.807) is 7.05 Å². The molecule has 19 heavy (non-hydrogen) atoms. The Bertz CT molecular complexity index is 521. The van der Waals surface area contributed by atoms with Crippen molar-refractivity contribution in [3.05, 3.63) is 34.1 Å². The van der Waals surface area contributed by atoms with Gasteiger partial charge in [-0.05, 0) is 32.0 Å². The fourth-order valence-corrected chi connectivity index (χ4v) is 2.21. The third-order valence-electron chi connectivity index (χ3n) is 3.23. The predicted octanol–water partition coefficient (Wildman–Crippen LogP) is 1.45. The lowest BCUT2D eigenvalue weighted by Crippen LogP contribution is -2.49. The molecule has 0 spiro atoms. The van der Waals surface area contributed by atoms with Crippen LogP contribution in [0.5, 0.6) is 0 Å². The minimum Gasteiger partial charge on any atom is -0.311 e. The molecule has 1 unspecified atom stereocenters. The number of carbonyl (C=O) groups excluding carboxylic acids is 1. The maximum Gasteiger partial charge on any atom is 0.306 e. The maximum atomic E-state index is 13.3. The molecule has 1 aliphatic rings. The summed E-state index contributed by atoms with van der Waals surface area (Å²) in [7, 11) is 1.69. The Morgan fingerprint density at radius 3 is 2.89 bits per heavy atom. The van der Waals surface area contributed by atoms with Gasteiger partial charge in [0.15, 0.2) is 0 Å². The highest BCUT2D eigenvalue weighted by atomic mass is 19.1. The molecule has 6 nitrogen and oxygen atoms in total. The van der Waals surface area contributed by atoms with Gasteiger partial charge < -0.3 is 10.2 Å². The molecule has 1 heterocycles. The van der Waals surface area contributed by atoms with Gasteiger partial charge in [-0.25, -0.2) is 0 Å². The normalized spacial score (nSPS) is 19.6. The van der Waals surface area contributed by atoms with Gasteiger partial charge in [-0.15, -0.1) is 0 Å². The van der Waals surface area contributed by atoms with Crippen molar-refractivity contribution < 1.29 is 14.1 Å². The van der Waals surface area contributed by atoms with Gasteiger partial charge in [0.2, 0.25) is 11.7 Å². The number of rotatable bonds is 3. The number of piperidine rings is 1. The molecule has 1 fully saturated rings. The molecule has 0 radical (unpaired) electrons. The van der Waals surface area contributed by atoms with Gasteiger partial charge in [-0.3, -0.25) is 14.9 Å². The standard InChI is InChI=1S/C12H14FN3O3/c1-14-10-3-2-6-15(12(10)17)8-4-5-9(13)11(7-8)16(18)19/h4-5,7,10,14H,2-3,6H2,1H3. The van der Waals surface area contributed by atoms with Gasteiger partial charge in [0.05, 0.1) is 16.7 Å². The summed E-state index contributed by atoms with van der Waals surface area (Å²) in [4.78, 5) is 23.5. The second kappa shape index (κ2) is 5.31. The van der Waals surface area contributed by atoms with Crippen molar-refractivity contribution in [3.8, 4) is 0 Å². The zero-order valence-corrected chi connectivity index (χ0v) is 10.4. The van der Waals surface area contributed by atoms with Crippen molar-refractivity contribution in [2.75, 3.05) is 18.5 Å². The molecule has 1 aliphatic heterocycles. The number of benzene rings is 1. The highest BCUT2D eigenvalue weighted by molar-refractivity contribution is 5.98. The maximum absolute atomic E-state index is 13.3. The Labute approximate surface area is 109 Å². The molecule has 0 bridgehead atoms. The second-order valence-electron chi connectivity index (χ2n) is 4.37. The van der Waals surface area contributed by atoms with Crippen LogP contribution in [0.2, 0.25) is 0 Å². The molecule has 0 aromatic heterocycles. The van der Waals surface area contributed by atoms with Gasteiger partial charge in [0, 0.05) is 12.6 Å². The molecular formula is C12H14FN3O3. The van der Waals surface area contributed by atoms with Crippen molar-refractivity contribution in [2.24, 2.45) is 0 Å². The number of anilines is 1. The molecule has 0 saturated carbocycles. The van der Waals surface area contributed by atoms with Gasteiger partial charge in [0.1, 0.15) is 0 Å². The van der Waals surface area contributed by atoms with E-state index >= 15 is 0 Å². The largest absolute Gasteiger partial charge is 0.311 e. The smallest absolute Gasteiger partial charge is 0.306 e. The van der Waals surface area contributed by atoms with Gasteiger partial charge >= 0.3 is 5.69 Å². The zero-order chi connectivity index (χ0) is 14.0. The number of hydrogen-bond donors (Lipinski definition) is 1. The summed E-state index contributed by atoms with van der Waals surface area (Å²) in [6.45, 7) is 0.486. The van der Waals surface area contributed by atoms with Gasteiger partial charge in [0.25, 0.3) is 0 Å². The number of amides is 1. The van der Waals surface area contributed by atoms with E-state index in [1.807, 2.05) is 0 Å². The van der Waals surface area contributed by atoms with Crippen LogP contribution in [0.25, 0.3) is 0 Å². The average molecular weight is 267 g/mol. The minimum atomic E-state index is -0.900. The first kappa shape index (κ1) is 13.4. The summed E-state index contributed by atoms with van der Waals surface area (Å²) in [6.07, 6.45) is 1.53. The number of nitro benzene ring substituents is 1. The molecule has 102 valence electrons. The van der Waals surface area contributed by atoms with Crippen LogP contribution in [0.15, 0.2) is 18.2 Å². The van der Waals surface area contributed by atoms with Crippen LogP contribution in [0.4, 0.5) is 15.8 Å². The second-order valence-corrected chi connectivity index (χ2v) is 4.37. The Morgan fingerprint density at radius 2 is 2.26 bits per heavy atom. The quantitative estimate of drug-likeness (QED) is 0.664. The van der Waals surface area contributed by atoms with Gasteiger partial charge in [-0.2, -0.15) is 4.39 Å². The molecule has 1 saturated heterocycles. The van der Waals surface area contributed by atoms with Crippen LogP contribution in [-0.2, 0) is 4.79 Å². The van der Waals surface area contributed by atoms with E-state index in [9.17, 15) is 19.3 Å². The lowest BCUT2D eigenvalue weighted by Gasteiger charge is -2.32. The van der Waals surface area contributed by atoms with E-state index in [-0.39, 0.29) is 11.9 Å². The number of likely N-dealkylation sites (N-methyl/N-ethyl adjacent to an activating group) is 1. The van der Waals surface area contributed by atoms with Gasteiger partial charge in [-0.1, -0.05) is 0 Å². The molecule has 1 aromatic rings. The summed E-state index contributed by atoms with van der Waals surface area (Å²) in [6, 6.07) is 3.21. The number of carbonyl (C=O) groups is 1. The first-order valence-electron chi connectivity index (χ1n) is 5.97. The Morgan fingerprint density at radius 1 is 1.53 bits per heavy atom. The number of nitrogens with zero attached hydrogens (tertiary/aromatic N) is 2. The highest BCUT2D eigenvalue weighted by Gasteiger charge is 2.29. The fraction of sp³-hybridized carbons (Fsp3) is 0.417. The van der Waals surface area contributed by atoms with Crippen molar-refractivity contribution >= 4 is 17.3 Å². The van der Waals surface area contributed by atoms with E-state index < -0.39 is 16.4 Å².